The molecule has 2 aliphatic rings. The number of methoxy groups -OCH3 is 1. The summed E-state index contributed by atoms with van der Waals surface area (Å²) in [7, 11) is 1.50. The summed E-state index contributed by atoms with van der Waals surface area (Å²) in [6, 6.07) is 11.9. The summed E-state index contributed by atoms with van der Waals surface area (Å²) in [6.07, 6.45) is 12.3. The van der Waals surface area contributed by atoms with Crippen LogP contribution in [-0.4, -0.2) is 79.5 Å². The number of nitrogens with one attached hydrogen (secondary N) is 1. The molecule has 14 nitrogen and oxygen atoms in total. The highest BCUT2D eigenvalue weighted by Gasteiger charge is 2.33. The third-order valence-electron chi connectivity index (χ3n) is 8.68. The number of carbonyl (C=O) groups excluding carboxylic acids is 1. The number of anilines is 3. The molecule has 1 saturated carbocycles. The zero-order chi connectivity index (χ0) is 33.3. The molecule has 1 aromatic carbocycles. The Balaban J connectivity index is 1.15. The molecule has 48 heavy (non-hydrogen) atoms. The highest BCUT2D eigenvalue weighted by molar-refractivity contribution is 5.86. The van der Waals surface area contributed by atoms with Gasteiger partial charge in [-0.3, -0.25) is 0 Å². The van der Waals surface area contributed by atoms with E-state index >= 15 is 0 Å². The predicted molar refractivity (Wildman–Crippen MR) is 177 cm³/mol. The van der Waals surface area contributed by atoms with Gasteiger partial charge in [0.15, 0.2) is 5.82 Å². The van der Waals surface area contributed by atoms with Gasteiger partial charge in [0.1, 0.15) is 18.2 Å². The average molecular weight is 651 g/mol. The van der Waals surface area contributed by atoms with Crippen molar-refractivity contribution in [2.75, 3.05) is 35.3 Å². The van der Waals surface area contributed by atoms with E-state index in [1.165, 1.54) is 7.11 Å². The topological polar surface area (TPSA) is 175 Å². The Hall–Kier alpha value is -5.42. The van der Waals surface area contributed by atoms with Crippen LogP contribution < -0.4 is 19.9 Å². The zero-order valence-electron chi connectivity index (χ0n) is 26.8. The van der Waals surface area contributed by atoms with E-state index in [0.29, 0.717) is 54.3 Å². The van der Waals surface area contributed by atoms with Crippen LogP contribution in [0, 0.1) is 11.3 Å². The Morgan fingerprint density at radius 2 is 1.67 bits per heavy atom. The van der Waals surface area contributed by atoms with Crippen LogP contribution in [0.25, 0.3) is 11.1 Å². The Kier molecular flexibility index (Phi) is 10.5. The average Bonchev–Trinajstić information content (AvgIpc) is 3.36. The minimum atomic E-state index is -0.515. The Morgan fingerprint density at radius 3 is 2.35 bits per heavy atom. The number of ether oxygens (including phenoxy) is 2. The van der Waals surface area contributed by atoms with E-state index in [1.54, 1.807) is 35.9 Å². The fourth-order valence-corrected chi connectivity index (χ4v) is 6.06. The summed E-state index contributed by atoms with van der Waals surface area (Å²) >= 11 is 0. The summed E-state index contributed by atoms with van der Waals surface area (Å²) in [5, 5.41) is 23.3. The Morgan fingerprint density at radius 1 is 0.958 bits per heavy atom. The van der Waals surface area contributed by atoms with E-state index in [4.69, 9.17) is 14.5 Å². The van der Waals surface area contributed by atoms with Gasteiger partial charge in [0.2, 0.25) is 11.9 Å². The molecule has 4 heterocycles. The van der Waals surface area contributed by atoms with Gasteiger partial charge in [-0.2, -0.15) is 10.2 Å². The van der Waals surface area contributed by atoms with Crippen molar-refractivity contribution >= 4 is 23.8 Å². The molecule has 0 spiro atoms. The van der Waals surface area contributed by atoms with Crippen molar-refractivity contribution < 1.29 is 19.4 Å². The van der Waals surface area contributed by atoms with Crippen LogP contribution in [0.5, 0.6) is 6.01 Å². The number of aromatic nitrogens is 6. The van der Waals surface area contributed by atoms with E-state index in [-0.39, 0.29) is 36.8 Å². The predicted octanol–water partition coefficient (Wildman–Crippen LogP) is 4.52. The molecule has 0 radical (unpaired) electrons. The van der Waals surface area contributed by atoms with E-state index in [0.717, 1.165) is 37.8 Å². The highest BCUT2D eigenvalue weighted by Crippen LogP contribution is 2.30. The molecular weight excluding hydrogens is 612 g/mol. The minimum Gasteiger partial charge on any atom is -0.467 e. The summed E-state index contributed by atoms with van der Waals surface area (Å²) in [5.41, 5.74) is 2.71. The number of aliphatic hydroxyl groups excluding tert-OH is 1. The number of aliphatic hydroxyl groups is 1. The van der Waals surface area contributed by atoms with Gasteiger partial charge >= 0.3 is 12.1 Å². The number of amides is 1. The SMILES string of the molecule is COc1ncc(-c2cnc(N(C(=O)OCc3ccccc3)[C@H]3CC[C@H](Nc4ncc(C#N)c(N5CCCC(O)CC5)n4)CC3)nc2)cn1. The quantitative estimate of drug-likeness (QED) is 0.259. The lowest BCUT2D eigenvalue weighted by Gasteiger charge is -2.35. The maximum absolute atomic E-state index is 13.6. The molecule has 6 rings (SSSR count). The largest absolute Gasteiger partial charge is 0.467 e. The summed E-state index contributed by atoms with van der Waals surface area (Å²) in [4.78, 5) is 43.8. The molecular formula is C34H38N10O4. The molecule has 4 aromatic rings. The third kappa shape index (κ3) is 7.92. The molecule has 2 fully saturated rings. The van der Waals surface area contributed by atoms with Crippen LogP contribution in [0.2, 0.25) is 0 Å². The fraction of sp³-hybridized carbons (Fsp3) is 0.412. The summed E-state index contributed by atoms with van der Waals surface area (Å²) in [6.45, 7) is 1.48. The third-order valence-corrected chi connectivity index (χ3v) is 8.68. The second kappa shape index (κ2) is 15.4. The first-order chi connectivity index (χ1) is 23.5. The van der Waals surface area contributed by atoms with Gasteiger partial charge in [-0.1, -0.05) is 30.3 Å². The zero-order valence-corrected chi connectivity index (χ0v) is 26.8. The number of benzene rings is 1. The van der Waals surface area contributed by atoms with Gasteiger partial charge in [0.25, 0.3) is 0 Å². The molecule has 14 heteroatoms. The standard InChI is InChI=1S/C34H38N10O4/c1-47-33-39-20-26(21-40-33)25-18-37-32(38-19-25)44(34(46)48-22-23-6-3-2-4-7-23)28-11-9-27(10-12-28)41-31-36-17-24(16-35)30(42-31)43-14-5-8-29(45)13-15-43/h2-4,6-7,17-21,27-29,45H,5,8-15,22H2,1H3,(H,36,41,42)/t27-,28-,29?. The lowest BCUT2D eigenvalue weighted by atomic mass is 9.90. The number of hydrogen-bond donors (Lipinski definition) is 2. The maximum Gasteiger partial charge on any atom is 0.417 e. The van der Waals surface area contributed by atoms with Gasteiger partial charge < -0.3 is 24.8 Å². The van der Waals surface area contributed by atoms with Crippen LogP contribution in [-0.2, 0) is 11.3 Å². The summed E-state index contributed by atoms with van der Waals surface area (Å²) < 4.78 is 10.8. The molecule has 3 aromatic heterocycles. The smallest absolute Gasteiger partial charge is 0.417 e. The molecule has 1 atom stereocenters. The molecule has 248 valence electrons. The van der Waals surface area contributed by atoms with Gasteiger partial charge in [-0.15, -0.1) is 0 Å². The van der Waals surface area contributed by atoms with Crippen molar-refractivity contribution in [3.8, 4) is 23.2 Å². The Labute approximate surface area is 278 Å². The second-order valence-electron chi connectivity index (χ2n) is 11.9. The first kappa shape index (κ1) is 32.5. The lowest BCUT2D eigenvalue weighted by molar-refractivity contribution is 0.142. The molecule has 1 saturated heterocycles. The Bertz CT molecular complexity index is 1690. The van der Waals surface area contributed by atoms with Crippen molar-refractivity contribution in [1.82, 2.24) is 29.9 Å². The van der Waals surface area contributed by atoms with Crippen LogP contribution in [0.1, 0.15) is 56.1 Å². The molecule has 2 N–H and O–H groups in total. The number of carbonyl (C=O) groups is 1. The van der Waals surface area contributed by atoms with E-state index < -0.39 is 6.09 Å². The van der Waals surface area contributed by atoms with Crippen LogP contribution in [0.15, 0.2) is 61.3 Å². The molecule has 1 amide bonds. The van der Waals surface area contributed by atoms with Crippen LogP contribution >= 0.6 is 0 Å². The number of nitriles is 1. The van der Waals surface area contributed by atoms with Gasteiger partial charge in [0.05, 0.1) is 19.4 Å². The lowest BCUT2D eigenvalue weighted by Crippen LogP contribution is -2.45. The van der Waals surface area contributed by atoms with Crippen molar-refractivity contribution in [3.05, 3.63) is 72.4 Å². The fourth-order valence-electron chi connectivity index (χ4n) is 6.06. The first-order valence-corrected chi connectivity index (χ1v) is 16.2. The van der Waals surface area contributed by atoms with E-state index in [1.807, 2.05) is 30.3 Å². The minimum absolute atomic E-state index is 0.0635. The van der Waals surface area contributed by atoms with Crippen molar-refractivity contribution in [1.29, 1.82) is 5.26 Å². The maximum atomic E-state index is 13.6. The highest BCUT2D eigenvalue weighted by atomic mass is 16.6. The van der Waals surface area contributed by atoms with E-state index in [9.17, 15) is 15.2 Å². The molecule has 1 aliphatic heterocycles. The molecule has 0 bridgehead atoms. The van der Waals surface area contributed by atoms with Crippen molar-refractivity contribution in [2.45, 2.75) is 69.7 Å². The van der Waals surface area contributed by atoms with Crippen LogP contribution in [0.4, 0.5) is 22.5 Å². The number of rotatable bonds is 9. The number of hydrogen-bond acceptors (Lipinski definition) is 13. The second-order valence-corrected chi connectivity index (χ2v) is 11.9. The summed E-state index contributed by atoms with van der Waals surface area (Å²) in [5.74, 6) is 1.30. The first-order valence-electron chi connectivity index (χ1n) is 16.2. The van der Waals surface area contributed by atoms with Crippen molar-refractivity contribution in [2.24, 2.45) is 0 Å². The molecule has 1 unspecified atom stereocenters. The van der Waals surface area contributed by atoms with Gasteiger partial charge in [-0.25, -0.2) is 34.6 Å². The van der Waals surface area contributed by atoms with Crippen molar-refractivity contribution in [3.63, 3.8) is 0 Å². The van der Waals surface area contributed by atoms with Crippen LogP contribution in [0.3, 0.4) is 0 Å². The van der Waals surface area contributed by atoms with Gasteiger partial charge in [-0.05, 0) is 50.5 Å². The number of nitrogens with zero attached hydrogens (tertiary/aromatic N) is 9. The van der Waals surface area contributed by atoms with Gasteiger partial charge in [0, 0.05) is 61.1 Å². The molecule has 1 aliphatic carbocycles. The normalized spacial score (nSPS) is 19.4. The van der Waals surface area contributed by atoms with E-state index in [2.05, 4.69) is 41.2 Å². The monoisotopic (exact) mass is 650 g/mol.